The van der Waals surface area contributed by atoms with Crippen LogP contribution in [-0.2, 0) is 6.54 Å². The van der Waals surface area contributed by atoms with Gasteiger partial charge in [0, 0.05) is 37.8 Å². The van der Waals surface area contributed by atoms with Crippen molar-refractivity contribution in [1.82, 2.24) is 19.6 Å². The molecule has 8 heteroatoms. The Hall–Kier alpha value is -3.39. The zero-order valence-corrected chi connectivity index (χ0v) is 22.6. The minimum atomic E-state index is -0.304. The first kappa shape index (κ1) is 26.7. The van der Waals surface area contributed by atoms with Gasteiger partial charge in [-0.25, -0.2) is 9.07 Å². The van der Waals surface area contributed by atoms with Gasteiger partial charge in [-0.2, -0.15) is 5.10 Å². The van der Waals surface area contributed by atoms with Crippen LogP contribution in [0.1, 0.15) is 48.8 Å². The first-order valence-electron chi connectivity index (χ1n) is 13.1. The molecule has 1 saturated heterocycles. The summed E-state index contributed by atoms with van der Waals surface area (Å²) in [5.74, 6) is 1.11. The van der Waals surface area contributed by atoms with Crippen molar-refractivity contribution in [2.24, 2.45) is 0 Å². The molecule has 1 aliphatic rings. The highest BCUT2D eigenvalue weighted by Crippen LogP contribution is 2.32. The number of benzene rings is 2. The van der Waals surface area contributed by atoms with Gasteiger partial charge >= 0.3 is 0 Å². The molecule has 2 aromatic carbocycles. The summed E-state index contributed by atoms with van der Waals surface area (Å²) in [6.45, 7) is 13.3. The molecule has 0 spiro atoms. The summed E-state index contributed by atoms with van der Waals surface area (Å²) in [7, 11) is 1.58. The van der Waals surface area contributed by atoms with E-state index in [0.29, 0.717) is 23.5 Å². The number of para-hydroxylation sites is 1. The van der Waals surface area contributed by atoms with Gasteiger partial charge in [-0.05, 0) is 57.1 Å². The average Bonchev–Trinajstić information content (AvgIpc) is 3.26. The third-order valence-electron chi connectivity index (χ3n) is 7.38. The molecular weight excluding hydrogens is 469 g/mol. The van der Waals surface area contributed by atoms with E-state index in [1.165, 1.54) is 12.1 Å². The molecule has 1 atom stereocenters. The Balaban J connectivity index is 1.79. The Kier molecular flexibility index (Phi) is 8.48. The molecule has 2 heterocycles. The molecule has 0 radical (unpaired) electrons. The molecule has 1 aliphatic heterocycles. The molecule has 1 aromatic heterocycles. The van der Waals surface area contributed by atoms with Gasteiger partial charge in [0.1, 0.15) is 17.4 Å². The lowest BCUT2D eigenvalue weighted by Crippen LogP contribution is -2.47. The fourth-order valence-electron chi connectivity index (χ4n) is 4.92. The van der Waals surface area contributed by atoms with Crippen molar-refractivity contribution < 1.29 is 13.9 Å². The lowest BCUT2D eigenvalue weighted by atomic mass is 10.1. The minimum Gasteiger partial charge on any atom is -0.496 e. The number of carbonyl (C=O) groups is 1. The molecule has 1 unspecified atom stereocenters. The number of halogens is 1. The molecule has 1 amide bonds. The van der Waals surface area contributed by atoms with Crippen LogP contribution < -0.4 is 9.64 Å². The summed E-state index contributed by atoms with van der Waals surface area (Å²) >= 11 is 0. The van der Waals surface area contributed by atoms with Crippen molar-refractivity contribution >= 4 is 11.7 Å². The van der Waals surface area contributed by atoms with E-state index in [-0.39, 0.29) is 17.8 Å². The number of aryl methyl sites for hydroxylation is 1. The molecule has 0 bridgehead atoms. The molecule has 198 valence electrons. The molecule has 4 rings (SSSR count). The van der Waals surface area contributed by atoms with E-state index in [4.69, 9.17) is 9.84 Å². The second-order valence-corrected chi connectivity index (χ2v) is 9.59. The average molecular weight is 508 g/mol. The van der Waals surface area contributed by atoms with Crippen molar-refractivity contribution in [2.45, 2.75) is 46.7 Å². The van der Waals surface area contributed by atoms with Gasteiger partial charge in [0.15, 0.2) is 0 Å². The highest BCUT2D eigenvalue weighted by atomic mass is 19.1. The van der Waals surface area contributed by atoms with E-state index in [1.54, 1.807) is 13.2 Å². The Morgan fingerprint density at radius 1 is 1.11 bits per heavy atom. The zero-order chi connectivity index (χ0) is 26.5. The van der Waals surface area contributed by atoms with Gasteiger partial charge in [0.25, 0.3) is 5.91 Å². The van der Waals surface area contributed by atoms with E-state index < -0.39 is 0 Å². The third-order valence-corrected chi connectivity index (χ3v) is 7.38. The van der Waals surface area contributed by atoms with E-state index in [0.717, 1.165) is 56.2 Å². The number of aromatic nitrogens is 2. The molecule has 37 heavy (non-hydrogen) atoms. The van der Waals surface area contributed by atoms with Crippen LogP contribution in [-0.4, -0.2) is 71.4 Å². The summed E-state index contributed by atoms with van der Waals surface area (Å²) < 4.78 is 21.6. The number of nitrogens with zero attached hydrogens (tertiary/aromatic N) is 5. The summed E-state index contributed by atoms with van der Waals surface area (Å²) in [4.78, 5) is 20.5. The van der Waals surface area contributed by atoms with Crippen molar-refractivity contribution in [1.29, 1.82) is 0 Å². The van der Waals surface area contributed by atoms with Crippen LogP contribution >= 0.6 is 0 Å². The topological polar surface area (TPSA) is 53.8 Å². The lowest BCUT2D eigenvalue weighted by Gasteiger charge is -2.37. The lowest BCUT2D eigenvalue weighted by molar-refractivity contribution is 0.0668. The molecular formula is C29H38FN5O2. The molecule has 0 N–H and O–H groups in total. The van der Waals surface area contributed by atoms with Gasteiger partial charge in [-0.15, -0.1) is 0 Å². The fourth-order valence-corrected chi connectivity index (χ4v) is 4.92. The maximum absolute atomic E-state index is 14.2. The minimum absolute atomic E-state index is 0.000814. The largest absolute Gasteiger partial charge is 0.496 e. The summed E-state index contributed by atoms with van der Waals surface area (Å²) in [5, 5.41) is 4.87. The first-order valence-corrected chi connectivity index (χ1v) is 13.1. The predicted molar refractivity (Wildman–Crippen MR) is 145 cm³/mol. The second kappa shape index (κ2) is 11.8. The maximum atomic E-state index is 14.2. The quantitative estimate of drug-likeness (QED) is 0.412. The molecule has 0 saturated carbocycles. The fraction of sp³-hybridized carbons (Fsp3) is 0.448. The zero-order valence-electron chi connectivity index (χ0n) is 22.6. The SMILES string of the molecule is CCC(C)N(Cc1c(C)nn(-c2cccc(F)c2)c1N1CCN(CC)CC1)C(=O)c1ccccc1OC. The number of hydrogen-bond donors (Lipinski definition) is 0. The number of carbonyl (C=O) groups excluding carboxylic acids is 1. The molecule has 0 aliphatic carbocycles. The number of anilines is 1. The van der Waals surface area contributed by atoms with E-state index in [1.807, 2.05) is 46.8 Å². The first-order chi connectivity index (χ1) is 17.9. The Morgan fingerprint density at radius 3 is 2.49 bits per heavy atom. The highest BCUT2D eigenvalue weighted by molar-refractivity contribution is 5.97. The molecule has 3 aromatic rings. The number of methoxy groups -OCH3 is 1. The van der Waals surface area contributed by atoms with E-state index in [9.17, 15) is 9.18 Å². The van der Waals surface area contributed by atoms with Crippen molar-refractivity contribution in [3.8, 4) is 11.4 Å². The standard InChI is InChI=1S/C29H38FN5O2/c1-6-21(3)34(29(36)25-13-8-9-14-27(25)37-5)20-26-22(4)31-35(24-12-10-11-23(30)19-24)28(26)33-17-15-32(7-2)16-18-33/h8-14,19,21H,6-7,15-18,20H2,1-5H3. The van der Waals surface area contributed by atoms with E-state index >= 15 is 0 Å². The van der Waals surface area contributed by atoms with Crippen molar-refractivity contribution in [3.63, 3.8) is 0 Å². The number of amides is 1. The monoisotopic (exact) mass is 507 g/mol. The van der Waals surface area contributed by atoms with Crippen LogP contribution in [0.15, 0.2) is 48.5 Å². The predicted octanol–water partition coefficient (Wildman–Crippen LogP) is 4.91. The van der Waals surface area contributed by atoms with Crippen LogP contribution in [0.3, 0.4) is 0 Å². The number of rotatable bonds is 9. The van der Waals surface area contributed by atoms with Gasteiger partial charge in [-0.3, -0.25) is 4.79 Å². The van der Waals surface area contributed by atoms with Gasteiger partial charge in [0.05, 0.1) is 30.6 Å². The van der Waals surface area contributed by atoms with Crippen LogP contribution in [0.25, 0.3) is 5.69 Å². The summed E-state index contributed by atoms with van der Waals surface area (Å²) in [5.41, 5.74) is 3.03. The Bertz CT molecular complexity index is 1220. The van der Waals surface area contributed by atoms with Crippen molar-refractivity contribution in [2.75, 3.05) is 44.7 Å². The maximum Gasteiger partial charge on any atom is 0.258 e. The Morgan fingerprint density at radius 2 is 1.84 bits per heavy atom. The van der Waals surface area contributed by atoms with Crippen LogP contribution in [0.2, 0.25) is 0 Å². The van der Waals surface area contributed by atoms with Gasteiger partial charge in [0.2, 0.25) is 0 Å². The van der Waals surface area contributed by atoms with E-state index in [2.05, 4.69) is 30.6 Å². The second-order valence-electron chi connectivity index (χ2n) is 9.59. The summed E-state index contributed by atoms with van der Waals surface area (Å²) in [6.07, 6.45) is 0.808. The normalized spacial score (nSPS) is 15.0. The van der Waals surface area contributed by atoms with Gasteiger partial charge < -0.3 is 19.4 Å². The highest BCUT2D eigenvalue weighted by Gasteiger charge is 2.30. The summed E-state index contributed by atoms with van der Waals surface area (Å²) in [6, 6.07) is 13.9. The van der Waals surface area contributed by atoms with Crippen LogP contribution in [0, 0.1) is 12.7 Å². The van der Waals surface area contributed by atoms with Crippen LogP contribution in [0.5, 0.6) is 5.75 Å². The number of likely N-dealkylation sites (N-methyl/N-ethyl adjacent to an activating group) is 1. The number of ether oxygens (including phenoxy) is 1. The van der Waals surface area contributed by atoms with Crippen molar-refractivity contribution in [3.05, 3.63) is 71.2 Å². The Labute approximate surface area is 219 Å². The smallest absolute Gasteiger partial charge is 0.258 e. The number of hydrogen-bond acceptors (Lipinski definition) is 5. The molecule has 7 nitrogen and oxygen atoms in total. The number of piperazine rings is 1. The molecule has 1 fully saturated rings. The van der Waals surface area contributed by atoms with Gasteiger partial charge in [-0.1, -0.05) is 32.0 Å². The van der Waals surface area contributed by atoms with Crippen LogP contribution in [0.4, 0.5) is 10.2 Å². The third kappa shape index (κ3) is 5.64.